The van der Waals surface area contributed by atoms with E-state index in [-0.39, 0.29) is 29.2 Å². The van der Waals surface area contributed by atoms with Crippen molar-refractivity contribution in [3.63, 3.8) is 0 Å². The third-order valence-corrected chi connectivity index (χ3v) is 7.60. The Labute approximate surface area is 171 Å². The first-order valence-electron chi connectivity index (χ1n) is 11.0. The van der Waals surface area contributed by atoms with Gasteiger partial charge in [-0.3, -0.25) is 4.79 Å². The number of likely N-dealkylation sites (tertiary alicyclic amines) is 2. The van der Waals surface area contributed by atoms with E-state index in [0.717, 1.165) is 62.9 Å². The SMILES string of the molecule is Cc1ccc(CC2CC3(C2)CN(C(=O)N2CCC4CCC(=O)NC4C2)C3)c(F)c1. The molecule has 2 unspecified atom stereocenters. The van der Waals surface area contributed by atoms with Gasteiger partial charge in [0.25, 0.3) is 0 Å². The zero-order valence-electron chi connectivity index (χ0n) is 17.1. The van der Waals surface area contributed by atoms with Gasteiger partial charge in [0.15, 0.2) is 0 Å². The fourth-order valence-electron chi connectivity index (χ4n) is 6.07. The molecule has 0 bridgehead atoms. The van der Waals surface area contributed by atoms with Crippen molar-refractivity contribution in [2.75, 3.05) is 26.2 Å². The molecule has 3 amide bonds. The molecule has 156 valence electrons. The van der Waals surface area contributed by atoms with Crippen molar-refractivity contribution in [1.82, 2.24) is 15.1 Å². The first kappa shape index (κ1) is 18.9. The number of aryl methyl sites for hydroxylation is 1. The summed E-state index contributed by atoms with van der Waals surface area (Å²) >= 11 is 0. The Morgan fingerprint density at radius 3 is 2.79 bits per heavy atom. The number of hydrogen-bond acceptors (Lipinski definition) is 2. The average molecular weight is 400 g/mol. The minimum atomic E-state index is -0.0884. The molecule has 4 aliphatic rings. The largest absolute Gasteiger partial charge is 0.351 e. The Balaban J connectivity index is 1.10. The van der Waals surface area contributed by atoms with E-state index in [0.29, 0.717) is 24.8 Å². The summed E-state index contributed by atoms with van der Waals surface area (Å²) in [4.78, 5) is 28.5. The Morgan fingerprint density at radius 1 is 1.24 bits per heavy atom. The maximum absolute atomic E-state index is 14.1. The van der Waals surface area contributed by atoms with Crippen LogP contribution in [0.5, 0.6) is 0 Å². The number of hydrogen-bond donors (Lipinski definition) is 1. The van der Waals surface area contributed by atoms with Crippen molar-refractivity contribution in [2.24, 2.45) is 17.3 Å². The van der Waals surface area contributed by atoms with E-state index in [1.807, 2.05) is 28.9 Å². The van der Waals surface area contributed by atoms with Gasteiger partial charge in [-0.15, -0.1) is 0 Å². The maximum Gasteiger partial charge on any atom is 0.320 e. The molecular formula is C23H30FN3O2. The molecule has 1 aliphatic carbocycles. The highest BCUT2D eigenvalue weighted by Gasteiger charge is 2.54. The number of amides is 3. The topological polar surface area (TPSA) is 52.7 Å². The van der Waals surface area contributed by atoms with Crippen LogP contribution in [0.3, 0.4) is 0 Å². The van der Waals surface area contributed by atoms with Gasteiger partial charge in [0.2, 0.25) is 5.91 Å². The molecule has 1 spiro atoms. The molecule has 2 atom stereocenters. The molecule has 29 heavy (non-hydrogen) atoms. The summed E-state index contributed by atoms with van der Waals surface area (Å²) in [7, 11) is 0. The van der Waals surface area contributed by atoms with Gasteiger partial charge >= 0.3 is 6.03 Å². The number of carbonyl (C=O) groups is 2. The van der Waals surface area contributed by atoms with E-state index in [2.05, 4.69) is 5.32 Å². The highest BCUT2D eigenvalue weighted by molar-refractivity contribution is 5.78. The van der Waals surface area contributed by atoms with Gasteiger partial charge < -0.3 is 15.1 Å². The number of piperidine rings is 2. The highest BCUT2D eigenvalue weighted by Crippen LogP contribution is 2.53. The summed E-state index contributed by atoms with van der Waals surface area (Å²) in [5.41, 5.74) is 2.04. The molecule has 5 nitrogen and oxygen atoms in total. The summed E-state index contributed by atoms with van der Waals surface area (Å²) in [5.74, 6) is 1.08. The van der Waals surface area contributed by atoms with Crippen LogP contribution in [0.1, 0.15) is 43.2 Å². The van der Waals surface area contributed by atoms with Crippen molar-refractivity contribution in [3.8, 4) is 0 Å². The Bertz CT molecular complexity index is 827. The van der Waals surface area contributed by atoms with Crippen LogP contribution in [0.25, 0.3) is 0 Å². The van der Waals surface area contributed by atoms with E-state index < -0.39 is 0 Å². The molecule has 0 radical (unpaired) electrons. The van der Waals surface area contributed by atoms with Gasteiger partial charge in [-0.05, 0) is 68.1 Å². The number of nitrogens with one attached hydrogen (secondary N) is 1. The Morgan fingerprint density at radius 2 is 2.03 bits per heavy atom. The van der Waals surface area contributed by atoms with Crippen LogP contribution >= 0.6 is 0 Å². The van der Waals surface area contributed by atoms with E-state index in [1.54, 1.807) is 6.07 Å². The minimum absolute atomic E-state index is 0.0884. The monoisotopic (exact) mass is 399 g/mol. The molecule has 1 saturated carbocycles. The summed E-state index contributed by atoms with van der Waals surface area (Å²) in [5, 5.41) is 3.07. The maximum atomic E-state index is 14.1. The molecule has 1 aromatic rings. The van der Waals surface area contributed by atoms with Gasteiger partial charge in [0.05, 0.1) is 0 Å². The van der Waals surface area contributed by atoms with Crippen molar-refractivity contribution in [3.05, 3.63) is 35.1 Å². The predicted octanol–water partition coefficient (Wildman–Crippen LogP) is 3.11. The molecule has 1 N–H and O–H groups in total. The summed E-state index contributed by atoms with van der Waals surface area (Å²) in [6, 6.07) is 5.77. The second kappa shape index (κ2) is 6.99. The lowest BCUT2D eigenvalue weighted by Crippen LogP contribution is -2.67. The fourth-order valence-corrected chi connectivity index (χ4v) is 6.07. The number of carbonyl (C=O) groups excluding carboxylic acids is 2. The molecule has 3 heterocycles. The van der Waals surface area contributed by atoms with Crippen LogP contribution in [0.2, 0.25) is 0 Å². The molecule has 1 aromatic carbocycles. The highest BCUT2D eigenvalue weighted by atomic mass is 19.1. The number of benzene rings is 1. The van der Waals surface area contributed by atoms with E-state index in [1.165, 1.54) is 0 Å². The molecule has 5 rings (SSSR count). The van der Waals surface area contributed by atoms with Crippen LogP contribution < -0.4 is 5.32 Å². The third-order valence-electron chi connectivity index (χ3n) is 7.60. The zero-order chi connectivity index (χ0) is 20.2. The number of nitrogens with zero attached hydrogens (tertiary/aromatic N) is 2. The van der Waals surface area contributed by atoms with Gasteiger partial charge in [-0.25, -0.2) is 9.18 Å². The van der Waals surface area contributed by atoms with Crippen LogP contribution in [-0.4, -0.2) is 54.0 Å². The number of fused-ring (bicyclic) bond motifs is 1. The van der Waals surface area contributed by atoms with Gasteiger partial charge in [0, 0.05) is 44.1 Å². The van der Waals surface area contributed by atoms with Crippen molar-refractivity contribution >= 4 is 11.9 Å². The van der Waals surface area contributed by atoms with Crippen molar-refractivity contribution in [2.45, 2.75) is 51.5 Å². The van der Waals surface area contributed by atoms with Crippen LogP contribution in [0.15, 0.2) is 18.2 Å². The zero-order valence-corrected chi connectivity index (χ0v) is 17.1. The fraction of sp³-hybridized carbons (Fsp3) is 0.652. The summed E-state index contributed by atoms with van der Waals surface area (Å²) in [6.45, 7) is 5.02. The van der Waals surface area contributed by atoms with Crippen molar-refractivity contribution in [1.29, 1.82) is 0 Å². The molecule has 6 heteroatoms. The molecular weight excluding hydrogens is 369 g/mol. The lowest BCUT2D eigenvalue weighted by molar-refractivity contribution is -0.125. The summed E-state index contributed by atoms with van der Waals surface area (Å²) < 4.78 is 14.1. The quantitative estimate of drug-likeness (QED) is 0.831. The molecule has 0 aromatic heterocycles. The first-order valence-corrected chi connectivity index (χ1v) is 11.0. The Kier molecular flexibility index (Phi) is 4.56. The average Bonchev–Trinajstić information content (AvgIpc) is 2.63. The molecule has 3 saturated heterocycles. The lowest BCUT2D eigenvalue weighted by Gasteiger charge is -2.60. The minimum Gasteiger partial charge on any atom is -0.351 e. The van der Waals surface area contributed by atoms with Crippen LogP contribution in [-0.2, 0) is 11.2 Å². The van der Waals surface area contributed by atoms with Gasteiger partial charge in [-0.2, -0.15) is 0 Å². The van der Waals surface area contributed by atoms with Crippen molar-refractivity contribution < 1.29 is 14.0 Å². The predicted molar refractivity (Wildman–Crippen MR) is 108 cm³/mol. The lowest BCUT2D eigenvalue weighted by atomic mass is 9.56. The smallest absolute Gasteiger partial charge is 0.320 e. The summed E-state index contributed by atoms with van der Waals surface area (Å²) in [6.07, 6.45) is 5.54. The number of urea groups is 1. The second-order valence-corrected chi connectivity index (χ2v) is 9.92. The van der Waals surface area contributed by atoms with Crippen LogP contribution in [0, 0.1) is 30.0 Å². The number of rotatable bonds is 2. The van der Waals surface area contributed by atoms with E-state index in [4.69, 9.17) is 0 Å². The molecule has 3 aliphatic heterocycles. The third kappa shape index (κ3) is 3.51. The molecule has 4 fully saturated rings. The van der Waals surface area contributed by atoms with Gasteiger partial charge in [-0.1, -0.05) is 12.1 Å². The second-order valence-electron chi connectivity index (χ2n) is 9.92. The van der Waals surface area contributed by atoms with E-state index >= 15 is 0 Å². The number of halogens is 1. The van der Waals surface area contributed by atoms with E-state index in [9.17, 15) is 14.0 Å². The normalized spacial score (nSPS) is 28.4. The first-order chi connectivity index (χ1) is 13.9. The van der Waals surface area contributed by atoms with Gasteiger partial charge in [0.1, 0.15) is 5.82 Å². The van der Waals surface area contributed by atoms with Crippen LogP contribution in [0.4, 0.5) is 9.18 Å². The standard InChI is InChI=1S/C23H30FN3O2/c1-15-2-3-18(19(24)8-15)9-16-10-23(11-16)13-27(14-23)22(29)26-7-6-17-4-5-21(28)25-20(17)12-26/h2-3,8,16-17,20H,4-7,9-14H2,1H3,(H,25,28). The Hall–Kier alpha value is -2.11.